The third-order valence-electron chi connectivity index (χ3n) is 3.16. The van der Waals surface area contributed by atoms with Crippen LogP contribution in [0.3, 0.4) is 0 Å². The van der Waals surface area contributed by atoms with E-state index in [1.807, 2.05) is 18.2 Å². The number of carboxylic acids is 1. The molecule has 4 N–H and O–H groups in total. The number of carbonyl (C=O) groups is 1. The van der Waals surface area contributed by atoms with Crippen LogP contribution in [-0.4, -0.2) is 23.6 Å². The third kappa shape index (κ3) is 6.37. The quantitative estimate of drug-likeness (QED) is 0.294. The van der Waals surface area contributed by atoms with Crippen LogP contribution in [0.2, 0.25) is 0 Å². The van der Waals surface area contributed by atoms with Crippen LogP contribution in [-0.2, 0) is 9.63 Å². The fourth-order valence-corrected chi connectivity index (χ4v) is 2.05. The number of hydrogen-bond acceptors (Lipinski definition) is 5. The van der Waals surface area contributed by atoms with Crippen molar-refractivity contribution in [2.75, 3.05) is 11.9 Å². The molecular weight excluding hydrogens is 300 g/mol. The van der Waals surface area contributed by atoms with E-state index in [1.54, 1.807) is 18.3 Å². The summed E-state index contributed by atoms with van der Waals surface area (Å²) in [5.74, 6) is -0.565. The first-order valence-electron chi connectivity index (χ1n) is 7.43. The monoisotopic (exact) mass is 320 g/mol. The SMILES string of the molecule is O=C(O)CCCCC[NH+]1C=C(/N=C(\[O-])Nc2ccccc2)ON1. The summed E-state index contributed by atoms with van der Waals surface area (Å²) in [5, 5.41) is 23.8. The lowest BCUT2D eigenvalue weighted by atomic mass is 10.2. The van der Waals surface area contributed by atoms with Gasteiger partial charge in [0.25, 0.3) is 5.88 Å². The minimum absolute atomic E-state index is 0.190. The standard InChI is InChI=1S/C15H20N4O4/c20-14(21)9-5-2-6-10-19-11-13(23-18-19)17-15(22)16-12-7-3-1-4-8-12/h1,3-4,7-8,11,18H,2,5-6,9-10H2,(H,20,21)(H2,16,17,22). The molecule has 8 heteroatoms. The number of para-hydroxylation sites is 1. The van der Waals surface area contributed by atoms with Crippen molar-refractivity contribution in [2.45, 2.75) is 25.7 Å². The maximum Gasteiger partial charge on any atom is 0.303 e. The van der Waals surface area contributed by atoms with Crippen molar-refractivity contribution < 1.29 is 24.9 Å². The lowest BCUT2D eigenvalue weighted by molar-refractivity contribution is -0.912. The third-order valence-corrected chi connectivity index (χ3v) is 3.16. The average Bonchev–Trinajstić information content (AvgIpc) is 2.95. The van der Waals surface area contributed by atoms with Crippen molar-refractivity contribution in [1.82, 2.24) is 5.59 Å². The largest absolute Gasteiger partial charge is 0.846 e. The molecule has 1 aromatic rings. The molecule has 0 aromatic heterocycles. The molecule has 0 bridgehead atoms. The van der Waals surface area contributed by atoms with Gasteiger partial charge < -0.3 is 20.4 Å². The van der Waals surface area contributed by atoms with Gasteiger partial charge >= 0.3 is 5.97 Å². The van der Waals surface area contributed by atoms with Crippen LogP contribution in [0.25, 0.3) is 0 Å². The van der Waals surface area contributed by atoms with Gasteiger partial charge in [-0.15, -0.1) is 0 Å². The molecule has 0 saturated carbocycles. The number of benzene rings is 1. The fraction of sp³-hybridized carbons (Fsp3) is 0.333. The first-order valence-corrected chi connectivity index (χ1v) is 7.43. The fourth-order valence-electron chi connectivity index (χ4n) is 2.05. The van der Waals surface area contributed by atoms with Crippen LogP contribution in [0.1, 0.15) is 25.7 Å². The number of rotatable bonds is 8. The molecular formula is C15H20N4O4. The van der Waals surface area contributed by atoms with E-state index < -0.39 is 12.0 Å². The Morgan fingerprint density at radius 2 is 2.09 bits per heavy atom. The van der Waals surface area contributed by atoms with Crippen LogP contribution < -0.4 is 21.0 Å². The van der Waals surface area contributed by atoms with Crippen molar-refractivity contribution in [3.63, 3.8) is 0 Å². The maximum absolute atomic E-state index is 11.7. The van der Waals surface area contributed by atoms with Gasteiger partial charge in [-0.2, -0.15) is 5.01 Å². The summed E-state index contributed by atoms with van der Waals surface area (Å²) in [4.78, 5) is 19.3. The van der Waals surface area contributed by atoms with Gasteiger partial charge in [-0.1, -0.05) is 18.2 Å². The second kappa shape index (κ2) is 8.76. The molecule has 1 heterocycles. The number of quaternary nitrogens is 1. The lowest BCUT2D eigenvalue weighted by Gasteiger charge is -2.12. The van der Waals surface area contributed by atoms with Gasteiger partial charge in [-0.25, -0.2) is 4.99 Å². The van der Waals surface area contributed by atoms with E-state index in [9.17, 15) is 9.90 Å². The highest BCUT2D eigenvalue weighted by Gasteiger charge is 2.17. The summed E-state index contributed by atoms with van der Waals surface area (Å²) in [6.07, 6.45) is 4.19. The van der Waals surface area contributed by atoms with E-state index >= 15 is 0 Å². The normalized spacial score (nSPS) is 17.5. The molecule has 0 fully saturated rings. The highest BCUT2D eigenvalue weighted by atomic mass is 16.7. The molecule has 0 spiro atoms. The predicted octanol–water partition coefficient (Wildman–Crippen LogP) is -0.407. The van der Waals surface area contributed by atoms with Crippen LogP contribution in [0.4, 0.5) is 5.69 Å². The molecule has 1 atom stereocenters. The molecule has 0 saturated heterocycles. The van der Waals surface area contributed by atoms with E-state index in [-0.39, 0.29) is 12.3 Å². The van der Waals surface area contributed by atoms with Gasteiger partial charge in [0, 0.05) is 17.7 Å². The molecule has 8 nitrogen and oxygen atoms in total. The minimum Gasteiger partial charge on any atom is -0.846 e. The van der Waals surface area contributed by atoms with Crippen molar-refractivity contribution in [1.29, 1.82) is 0 Å². The van der Waals surface area contributed by atoms with Crippen LogP contribution in [0.5, 0.6) is 0 Å². The number of anilines is 1. The van der Waals surface area contributed by atoms with E-state index in [1.165, 1.54) is 0 Å². The van der Waals surface area contributed by atoms with Crippen molar-refractivity contribution in [2.24, 2.45) is 4.99 Å². The molecule has 23 heavy (non-hydrogen) atoms. The Labute approximate surface area is 134 Å². The molecule has 0 aliphatic carbocycles. The van der Waals surface area contributed by atoms with Crippen molar-refractivity contribution >= 4 is 17.7 Å². The van der Waals surface area contributed by atoms with Gasteiger partial charge in [-0.3, -0.25) is 4.79 Å². The average molecular weight is 320 g/mol. The molecule has 0 amide bonds. The van der Waals surface area contributed by atoms with E-state index in [2.05, 4.69) is 15.9 Å². The first kappa shape index (κ1) is 16.8. The Balaban J connectivity index is 1.73. The molecule has 0 radical (unpaired) electrons. The molecule has 1 aliphatic heterocycles. The molecule has 2 rings (SSSR count). The van der Waals surface area contributed by atoms with Gasteiger partial charge in [-0.05, 0) is 31.4 Å². The lowest BCUT2D eigenvalue weighted by Crippen LogP contribution is -3.12. The highest BCUT2D eigenvalue weighted by molar-refractivity contribution is 5.86. The van der Waals surface area contributed by atoms with E-state index in [0.29, 0.717) is 12.1 Å². The van der Waals surface area contributed by atoms with Gasteiger partial charge in [0.05, 0.1) is 6.02 Å². The summed E-state index contributed by atoms with van der Waals surface area (Å²) in [5.41, 5.74) is 3.37. The Hall–Kier alpha value is -2.58. The number of unbranched alkanes of at least 4 members (excludes halogenated alkanes) is 2. The Bertz CT molecular complexity index is 574. The molecule has 1 aliphatic rings. The van der Waals surface area contributed by atoms with Crippen LogP contribution >= 0.6 is 0 Å². The molecule has 124 valence electrons. The zero-order chi connectivity index (χ0) is 16.5. The van der Waals surface area contributed by atoms with E-state index in [4.69, 9.17) is 9.94 Å². The van der Waals surface area contributed by atoms with Crippen LogP contribution in [0, 0.1) is 0 Å². The number of carboxylic acid groups (broad SMARTS) is 1. The van der Waals surface area contributed by atoms with Crippen molar-refractivity contribution in [3.05, 3.63) is 42.4 Å². The summed E-state index contributed by atoms with van der Waals surface area (Å²) in [6, 6.07) is 8.52. The molecule has 1 aromatic carbocycles. The number of nitrogens with one attached hydrogen (secondary N) is 3. The topological polar surface area (TPSA) is 110 Å². The smallest absolute Gasteiger partial charge is 0.303 e. The summed E-state index contributed by atoms with van der Waals surface area (Å²) in [6.45, 7) is 0.721. The van der Waals surface area contributed by atoms with Gasteiger partial charge in [0.1, 0.15) is 6.54 Å². The summed E-state index contributed by atoms with van der Waals surface area (Å²) >= 11 is 0. The van der Waals surface area contributed by atoms with Crippen LogP contribution in [0.15, 0.2) is 47.4 Å². The summed E-state index contributed by atoms with van der Waals surface area (Å²) in [7, 11) is 0. The number of aliphatic imine (C=N–C) groups is 1. The first-order chi connectivity index (χ1) is 11.1. The Morgan fingerprint density at radius 1 is 1.30 bits per heavy atom. The second-order valence-corrected chi connectivity index (χ2v) is 5.07. The zero-order valence-electron chi connectivity index (χ0n) is 12.6. The number of hydrogen-bond donors (Lipinski definition) is 4. The second-order valence-electron chi connectivity index (χ2n) is 5.07. The Kier molecular flexibility index (Phi) is 6.40. The molecule has 1 unspecified atom stereocenters. The highest BCUT2D eigenvalue weighted by Crippen LogP contribution is 2.05. The van der Waals surface area contributed by atoms with Gasteiger partial charge in [0.15, 0.2) is 6.20 Å². The number of aliphatic carboxylic acids is 1. The van der Waals surface area contributed by atoms with E-state index in [0.717, 1.165) is 24.4 Å². The Morgan fingerprint density at radius 3 is 2.83 bits per heavy atom. The van der Waals surface area contributed by atoms with Crippen molar-refractivity contribution in [3.8, 4) is 0 Å². The number of nitrogens with zero attached hydrogens (tertiary/aromatic N) is 1. The summed E-state index contributed by atoms with van der Waals surface area (Å²) < 4.78 is 0. The minimum atomic E-state index is -0.773. The maximum atomic E-state index is 11.7. The zero-order valence-corrected chi connectivity index (χ0v) is 12.6. The van der Waals surface area contributed by atoms with Gasteiger partial charge in [0.2, 0.25) is 0 Å². The predicted molar refractivity (Wildman–Crippen MR) is 81.7 cm³/mol. The number of amidine groups is 1.